The molecule has 2 unspecified atom stereocenters. The Morgan fingerprint density at radius 2 is 1.97 bits per heavy atom. The van der Waals surface area contributed by atoms with Gasteiger partial charge in [-0.1, -0.05) is 52.9 Å². The van der Waals surface area contributed by atoms with E-state index in [1.54, 1.807) is 17.2 Å². The van der Waals surface area contributed by atoms with Crippen molar-refractivity contribution >= 4 is 21.0 Å². The Hall–Kier alpha value is -2.00. The molecule has 1 fully saturated rings. The fourth-order valence-corrected chi connectivity index (χ4v) is 4.98. The summed E-state index contributed by atoms with van der Waals surface area (Å²) in [7, 11) is 2.16. The molecule has 1 saturated carbocycles. The van der Waals surface area contributed by atoms with Gasteiger partial charge >= 0.3 is 6.03 Å². The van der Waals surface area contributed by atoms with E-state index >= 15 is 0 Å². The molecule has 1 aromatic carbocycles. The maximum atomic E-state index is 14.2. The van der Waals surface area contributed by atoms with Crippen molar-refractivity contribution in [3.63, 3.8) is 0 Å². The van der Waals surface area contributed by atoms with E-state index in [1.807, 2.05) is 6.92 Å². The summed E-state index contributed by atoms with van der Waals surface area (Å²) in [6.45, 7) is 6.19. The number of amides is 2. The number of rotatable bonds is 7. The molecule has 1 aliphatic rings. The summed E-state index contributed by atoms with van der Waals surface area (Å²) in [6, 6.07) is 11.9. The van der Waals surface area contributed by atoms with Crippen LogP contribution in [-0.2, 0) is 11.8 Å². The zero-order chi connectivity index (χ0) is 22.6. The van der Waals surface area contributed by atoms with Crippen molar-refractivity contribution in [3.8, 4) is 0 Å². The fourth-order valence-electron chi connectivity index (χ4n) is 4.82. The first-order valence-corrected chi connectivity index (χ1v) is 11.8. The van der Waals surface area contributed by atoms with Gasteiger partial charge in [-0.3, -0.25) is 9.88 Å². The molecule has 0 spiro atoms. The molecular formula is C25H35FN3OP. The first kappa shape index (κ1) is 23.7. The van der Waals surface area contributed by atoms with Crippen LogP contribution in [0.3, 0.4) is 0 Å². The third kappa shape index (κ3) is 5.83. The minimum atomic E-state index is -1.60. The van der Waals surface area contributed by atoms with Crippen LogP contribution in [0.1, 0.15) is 62.8 Å². The van der Waals surface area contributed by atoms with Crippen LogP contribution < -0.4 is 10.6 Å². The number of urea groups is 1. The molecular weight excluding hydrogens is 408 g/mol. The summed E-state index contributed by atoms with van der Waals surface area (Å²) in [5.41, 5.74) is 9.27. The zero-order valence-corrected chi connectivity index (χ0v) is 20.1. The van der Waals surface area contributed by atoms with E-state index in [-0.39, 0.29) is 0 Å². The predicted octanol–water partition coefficient (Wildman–Crippen LogP) is 6.12. The van der Waals surface area contributed by atoms with Gasteiger partial charge < -0.3 is 5.73 Å². The number of nitrogens with zero attached hydrogens (tertiary/aromatic N) is 2. The van der Waals surface area contributed by atoms with Crippen LogP contribution in [0.4, 0.5) is 14.9 Å². The van der Waals surface area contributed by atoms with Gasteiger partial charge in [-0.2, -0.15) is 0 Å². The summed E-state index contributed by atoms with van der Waals surface area (Å²) in [6.07, 6.45) is 8.30. The first-order chi connectivity index (χ1) is 14.6. The molecule has 3 rings (SSSR count). The second-order valence-electron chi connectivity index (χ2n) is 9.34. The number of benzene rings is 1. The summed E-state index contributed by atoms with van der Waals surface area (Å²) in [5, 5.41) is -1.60. The number of nitrogens with two attached hydrogens (primary N) is 1. The molecule has 0 aliphatic heterocycles. The lowest BCUT2D eigenvalue weighted by molar-refractivity contribution is 0.143. The van der Waals surface area contributed by atoms with Crippen LogP contribution in [0, 0.1) is 18.3 Å². The molecule has 2 aromatic rings. The highest BCUT2D eigenvalue weighted by Crippen LogP contribution is 2.44. The van der Waals surface area contributed by atoms with E-state index in [1.165, 1.54) is 12.5 Å². The Bertz CT molecular complexity index is 889. The average Bonchev–Trinajstić information content (AvgIpc) is 2.73. The monoisotopic (exact) mass is 443 g/mol. The number of hydrogen-bond acceptors (Lipinski definition) is 2. The molecule has 1 aliphatic carbocycles. The molecule has 1 heterocycles. The van der Waals surface area contributed by atoms with E-state index in [2.05, 4.69) is 51.5 Å². The molecule has 0 radical (unpaired) electrons. The molecule has 2 N–H and O–H groups in total. The van der Waals surface area contributed by atoms with E-state index in [9.17, 15) is 9.18 Å². The van der Waals surface area contributed by atoms with Crippen molar-refractivity contribution in [3.05, 3.63) is 59.4 Å². The molecule has 0 saturated heterocycles. The van der Waals surface area contributed by atoms with E-state index in [0.29, 0.717) is 29.3 Å². The highest BCUT2D eigenvalue weighted by atomic mass is 31.0. The molecule has 2 amide bonds. The molecule has 0 bridgehead atoms. The Kier molecular flexibility index (Phi) is 7.36. The summed E-state index contributed by atoms with van der Waals surface area (Å²) >= 11 is 0. The largest absolute Gasteiger partial charge is 0.351 e. The molecule has 168 valence electrons. The maximum Gasteiger partial charge on any atom is 0.319 e. The van der Waals surface area contributed by atoms with Crippen molar-refractivity contribution in [2.45, 2.75) is 64.7 Å². The number of aryl methyl sites for hydroxylation is 1. The number of carbonyl (C=O) groups excluding carboxylic acids is 1. The quantitative estimate of drug-likeness (QED) is 0.524. The highest BCUT2D eigenvalue weighted by molar-refractivity contribution is 7.18. The number of anilines is 1. The average molecular weight is 444 g/mol. The molecule has 31 heavy (non-hydrogen) atoms. The second kappa shape index (κ2) is 9.65. The van der Waals surface area contributed by atoms with Gasteiger partial charge in [0.1, 0.15) is 0 Å². The van der Waals surface area contributed by atoms with E-state index in [0.717, 1.165) is 44.1 Å². The molecule has 2 atom stereocenters. The SMILES string of the molecule is CCC1(Cc2ccccc2)CCC(CN(C(N)=O)c2cnc(C(C)(F)P)cc2C)CC1. The lowest BCUT2D eigenvalue weighted by Gasteiger charge is -2.41. The molecule has 1 aromatic heterocycles. The standard InChI is InChI=1S/C25H35FN3OP/c1-4-25(15-19-8-6-5-7-9-19)12-10-20(11-13-25)17-29(23(27)30)21-16-28-22(14-18(21)2)24(3,26)31/h5-9,14,16,20H,4,10-13,15,17,31H2,1-3H3,(H2,27,30). The summed E-state index contributed by atoms with van der Waals surface area (Å²) < 4.78 is 14.2. The van der Waals surface area contributed by atoms with Crippen LogP contribution >= 0.6 is 9.24 Å². The van der Waals surface area contributed by atoms with Crippen molar-refractivity contribution in [2.75, 3.05) is 11.4 Å². The Labute approximate surface area is 188 Å². The van der Waals surface area contributed by atoms with E-state index < -0.39 is 11.4 Å². The topological polar surface area (TPSA) is 59.2 Å². The number of carbonyl (C=O) groups is 1. The van der Waals surface area contributed by atoms with Gasteiger partial charge in [-0.05, 0) is 74.5 Å². The van der Waals surface area contributed by atoms with Crippen LogP contribution in [0.15, 0.2) is 42.6 Å². The first-order valence-electron chi connectivity index (χ1n) is 11.2. The van der Waals surface area contributed by atoms with Gasteiger partial charge in [-0.15, -0.1) is 0 Å². The van der Waals surface area contributed by atoms with Crippen LogP contribution in [0.5, 0.6) is 0 Å². The normalized spacial score (nSPS) is 23.2. The third-order valence-electron chi connectivity index (χ3n) is 6.92. The van der Waals surface area contributed by atoms with Gasteiger partial charge in [0.2, 0.25) is 0 Å². The molecule has 6 heteroatoms. The number of halogens is 1. The van der Waals surface area contributed by atoms with Crippen LogP contribution in [0.25, 0.3) is 0 Å². The zero-order valence-electron chi connectivity index (χ0n) is 18.9. The van der Waals surface area contributed by atoms with Crippen molar-refractivity contribution in [1.29, 1.82) is 0 Å². The third-order valence-corrected chi connectivity index (χ3v) is 7.22. The maximum absolute atomic E-state index is 14.2. The highest BCUT2D eigenvalue weighted by Gasteiger charge is 2.35. The number of pyridine rings is 1. The number of hydrogen-bond donors (Lipinski definition) is 1. The van der Waals surface area contributed by atoms with E-state index in [4.69, 9.17) is 5.73 Å². The van der Waals surface area contributed by atoms with Gasteiger partial charge in [-0.25, -0.2) is 9.18 Å². The summed E-state index contributed by atoms with van der Waals surface area (Å²) in [5.74, 6) is 0.398. The van der Waals surface area contributed by atoms with Crippen LogP contribution in [-0.4, -0.2) is 17.6 Å². The van der Waals surface area contributed by atoms with Crippen molar-refractivity contribution < 1.29 is 9.18 Å². The lowest BCUT2D eigenvalue weighted by Crippen LogP contribution is -2.42. The Morgan fingerprint density at radius 3 is 2.48 bits per heavy atom. The number of primary amides is 1. The van der Waals surface area contributed by atoms with Gasteiger partial charge in [0, 0.05) is 6.54 Å². The Balaban J connectivity index is 1.69. The predicted molar refractivity (Wildman–Crippen MR) is 129 cm³/mol. The summed E-state index contributed by atoms with van der Waals surface area (Å²) in [4.78, 5) is 18.1. The number of aromatic nitrogens is 1. The fraction of sp³-hybridized carbons (Fsp3) is 0.520. The Morgan fingerprint density at radius 1 is 1.32 bits per heavy atom. The smallest absolute Gasteiger partial charge is 0.319 e. The van der Waals surface area contributed by atoms with Crippen molar-refractivity contribution in [2.24, 2.45) is 17.1 Å². The molecule has 4 nitrogen and oxygen atoms in total. The van der Waals surface area contributed by atoms with Crippen molar-refractivity contribution in [1.82, 2.24) is 4.98 Å². The minimum Gasteiger partial charge on any atom is -0.351 e. The lowest BCUT2D eigenvalue weighted by atomic mass is 9.66. The minimum absolute atomic E-state index is 0.328. The number of alkyl halides is 1. The second-order valence-corrected chi connectivity index (χ2v) is 10.4. The van der Waals surface area contributed by atoms with Gasteiger partial charge in [0.15, 0.2) is 5.41 Å². The van der Waals surface area contributed by atoms with Gasteiger partial charge in [0.25, 0.3) is 0 Å². The van der Waals surface area contributed by atoms with Gasteiger partial charge in [0.05, 0.1) is 17.6 Å². The van der Waals surface area contributed by atoms with Crippen LogP contribution in [0.2, 0.25) is 0 Å².